The Kier molecular flexibility index (Phi) is 10.1. The predicted octanol–water partition coefficient (Wildman–Crippen LogP) is 3.12. The SMILES string of the molecule is CN(CC1CCCCC1Br)C(=O)C(CC1=CNC2CCCCC12)NC(=O)C1C[C@@H](O)CN1C(=O)C1=NC2CCCCC2N=C1. The Morgan fingerprint density at radius 2 is 1.80 bits per heavy atom. The van der Waals surface area contributed by atoms with E-state index in [1.54, 1.807) is 11.1 Å². The fraction of sp³-hybridized carbons (Fsp3) is 0.788. The number of likely N-dealkylation sites (N-methyl/N-ethyl adjacent to an activating group) is 1. The lowest BCUT2D eigenvalue weighted by Crippen LogP contribution is -2.55. The third kappa shape index (κ3) is 6.93. The van der Waals surface area contributed by atoms with Crippen LogP contribution in [-0.2, 0) is 14.4 Å². The van der Waals surface area contributed by atoms with Crippen molar-refractivity contribution in [1.29, 1.82) is 0 Å². The van der Waals surface area contributed by atoms with Crippen molar-refractivity contribution in [3.05, 3.63) is 11.8 Å². The van der Waals surface area contributed by atoms with Crippen LogP contribution in [0.2, 0.25) is 0 Å². The van der Waals surface area contributed by atoms with Crippen LogP contribution >= 0.6 is 15.9 Å². The number of likely N-dealkylation sites (tertiary alicyclic amines) is 1. The van der Waals surface area contributed by atoms with Gasteiger partial charge in [0.1, 0.15) is 17.8 Å². The smallest absolute Gasteiger partial charge is 0.274 e. The Morgan fingerprint density at radius 3 is 2.61 bits per heavy atom. The van der Waals surface area contributed by atoms with Gasteiger partial charge in [-0.05, 0) is 62.6 Å². The van der Waals surface area contributed by atoms with Gasteiger partial charge in [0.05, 0.1) is 24.4 Å². The van der Waals surface area contributed by atoms with Crippen molar-refractivity contribution < 1.29 is 19.5 Å². The molecule has 0 aromatic carbocycles. The van der Waals surface area contributed by atoms with Crippen LogP contribution < -0.4 is 10.6 Å². The lowest BCUT2D eigenvalue weighted by atomic mass is 9.80. The molecule has 9 atom stereocenters. The number of hydrogen-bond acceptors (Lipinski definition) is 7. The van der Waals surface area contributed by atoms with Crippen molar-refractivity contribution in [1.82, 2.24) is 20.4 Å². The average molecular weight is 674 g/mol. The number of aliphatic hydroxyl groups excluding tert-OH is 1. The van der Waals surface area contributed by atoms with Crippen molar-refractivity contribution in [2.24, 2.45) is 21.8 Å². The molecule has 3 saturated carbocycles. The molecule has 11 heteroatoms. The topological polar surface area (TPSA) is 127 Å². The lowest BCUT2D eigenvalue weighted by molar-refractivity contribution is -0.138. The summed E-state index contributed by atoms with van der Waals surface area (Å²) in [4.78, 5) is 54.6. The Balaban J connectivity index is 1.17. The Labute approximate surface area is 269 Å². The number of carbonyl (C=O) groups is 3. The number of nitrogens with one attached hydrogen (secondary N) is 2. The summed E-state index contributed by atoms with van der Waals surface area (Å²) in [6.07, 6.45) is 16.6. The largest absolute Gasteiger partial charge is 0.391 e. The number of nitrogens with zero attached hydrogens (tertiary/aromatic N) is 4. The highest BCUT2D eigenvalue weighted by atomic mass is 79.9. The van der Waals surface area contributed by atoms with Crippen molar-refractivity contribution in [3.63, 3.8) is 0 Å². The van der Waals surface area contributed by atoms with Gasteiger partial charge in [-0.1, -0.05) is 54.5 Å². The van der Waals surface area contributed by atoms with E-state index in [-0.39, 0.29) is 42.6 Å². The maximum atomic E-state index is 14.1. The minimum atomic E-state index is -0.873. The summed E-state index contributed by atoms with van der Waals surface area (Å²) in [5.74, 6) is -0.113. The molecule has 242 valence electrons. The van der Waals surface area contributed by atoms with Gasteiger partial charge in [0.2, 0.25) is 11.8 Å². The van der Waals surface area contributed by atoms with Crippen molar-refractivity contribution in [2.75, 3.05) is 20.1 Å². The highest BCUT2D eigenvalue weighted by Crippen LogP contribution is 2.36. The number of amides is 3. The van der Waals surface area contributed by atoms with E-state index in [1.165, 1.54) is 36.2 Å². The molecule has 3 N–H and O–H groups in total. The molecular formula is C33H49BrN6O4. The van der Waals surface area contributed by atoms with Crippen molar-refractivity contribution >= 4 is 45.6 Å². The molecule has 0 aromatic rings. The van der Waals surface area contributed by atoms with Crippen molar-refractivity contribution in [2.45, 2.75) is 131 Å². The fourth-order valence-corrected chi connectivity index (χ4v) is 9.18. The van der Waals surface area contributed by atoms with Crippen molar-refractivity contribution in [3.8, 4) is 0 Å². The maximum absolute atomic E-state index is 14.1. The fourth-order valence-electron chi connectivity index (χ4n) is 8.42. The third-order valence-corrected chi connectivity index (χ3v) is 12.1. The van der Waals surface area contributed by atoms with Gasteiger partial charge in [0, 0.05) is 43.3 Å². The standard InChI is InChI=1S/C33H49BrN6O4/c1-39(18-20-8-2-4-10-24(20)34)32(43)28(14-21-16-35-25-11-5-3-9-23(21)25)38-31(42)30-15-22(41)19-40(30)33(44)29-17-36-26-12-6-7-13-27(26)37-29/h16-17,20,22-28,30,35,41H,2-15,18-19H2,1H3,(H,38,42)/t20?,22-,23?,24?,25?,26?,27?,28?,30?/m1/s1. The molecule has 4 fully saturated rings. The second-order valence-electron chi connectivity index (χ2n) is 14.0. The van der Waals surface area contributed by atoms with E-state index in [0.29, 0.717) is 35.7 Å². The number of halogens is 1. The first-order valence-corrected chi connectivity index (χ1v) is 17.9. The Bertz CT molecular complexity index is 1190. The summed E-state index contributed by atoms with van der Waals surface area (Å²) in [6, 6.07) is -1.08. The predicted molar refractivity (Wildman–Crippen MR) is 174 cm³/mol. The van der Waals surface area contributed by atoms with Gasteiger partial charge in [-0.2, -0.15) is 0 Å². The van der Waals surface area contributed by atoms with E-state index in [9.17, 15) is 19.5 Å². The molecule has 10 nitrogen and oxygen atoms in total. The summed E-state index contributed by atoms with van der Waals surface area (Å²) < 4.78 is 0. The zero-order chi connectivity index (χ0) is 30.8. The first-order chi connectivity index (χ1) is 21.3. The van der Waals surface area contributed by atoms with Crippen LogP contribution in [0.5, 0.6) is 0 Å². The zero-order valence-corrected chi connectivity index (χ0v) is 27.6. The Hall–Kier alpha value is -2.27. The van der Waals surface area contributed by atoms with Gasteiger partial charge in [-0.3, -0.25) is 24.4 Å². The second kappa shape index (κ2) is 14.0. The molecular weight excluding hydrogens is 624 g/mol. The van der Waals surface area contributed by atoms with Gasteiger partial charge in [-0.25, -0.2) is 0 Å². The molecule has 6 aliphatic rings. The third-order valence-electron chi connectivity index (χ3n) is 10.9. The monoisotopic (exact) mass is 672 g/mol. The molecule has 8 unspecified atom stereocenters. The second-order valence-corrected chi connectivity index (χ2v) is 15.2. The average Bonchev–Trinajstić information content (AvgIpc) is 3.64. The van der Waals surface area contributed by atoms with Crippen LogP contribution in [0.15, 0.2) is 21.8 Å². The number of β-amino-alcohol motifs (C(OH)–C–C–N with tert-alkyl or cyclic N) is 1. The quantitative estimate of drug-likeness (QED) is 0.342. The van der Waals surface area contributed by atoms with Crippen LogP contribution in [0.1, 0.15) is 89.9 Å². The molecule has 3 heterocycles. The first kappa shape index (κ1) is 31.7. The molecule has 3 aliphatic heterocycles. The summed E-state index contributed by atoms with van der Waals surface area (Å²) in [5.41, 5.74) is 1.45. The number of alkyl halides is 1. The molecule has 0 spiro atoms. The van der Waals surface area contributed by atoms with Gasteiger partial charge < -0.3 is 25.5 Å². The molecule has 1 saturated heterocycles. The summed E-state index contributed by atoms with van der Waals surface area (Å²) in [7, 11) is 1.84. The number of fused-ring (bicyclic) bond motifs is 2. The summed E-state index contributed by atoms with van der Waals surface area (Å²) in [6.45, 7) is 0.697. The molecule has 6 rings (SSSR count). The number of rotatable bonds is 8. The summed E-state index contributed by atoms with van der Waals surface area (Å²) in [5, 5.41) is 17.2. The Morgan fingerprint density at radius 1 is 1.07 bits per heavy atom. The minimum Gasteiger partial charge on any atom is -0.391 e. The minimum absolute atomic E-state index is 0.00485. The lowest BCUT2D eigenvalue weighted by Gasteiger charge is -2.34. The van der Waals surface area contributed by atoms with Gasteiger partial charge >= 0.3 is 0 Å². The number of hydrogen-bond donors (Lipinski definition) is 3. The van der Waals surface area contributed by atoms with Crippen LogP contribution in [0.25, 0.3) is 0 Å². The van der Waals surface area contributed by atoms with Crippen LogP contribution in [0, 0.1) is 11.8 Å². The molecule has 3 aliphatic carbocycles. The van der Waals surface area contributed by atoms with E-state index >= 15 is 0 Å². The first-order valence-electron chi connectivity index (χ1n) is 17.0. The van der Waals surface area contributed by atoms with E-state index in [4.69, 9.17) is 4.99 Å². The normalized spacial score (nSPS) is 35.5. The molecule has 44 heavy (non-hydrogen) atoms. The molecule has 0 aromatic heterocycles. The number of aliphatic imine (C=N–C) groups is 2. The van der Waals surface area contributed by atoms with E-state index < -0.39 is 24.1 Å². The van der Waals surface area contributed by atoms with E-state index in [1.807, 2.05) is 7.05 Å². The van der Waals surface area contributed by atoms with Gasteiger partial charge in [0.15, 0.2) is 0 Å². The van der Waals surface area contributed by atoms with Crippen LogP contribution in [-0.4, -0.2) is 106 Å². The summed E-state index contributed by atoms with van der Waals surface area (Å²) >= 11 is 3.84. The van der Waals surface area contributed by atoms with Gasteiger partial charge in [-0.15, -0.1) is 0 Å². The van der Waals surface area contributed by atoms with Crippen LogP contribution in [0.3, 0.4) is 0 Å². The van der Waals surface area contributed by atoms with Gasteiger partial charge in [0.25, 0.3) is 5.91 Å². The highest BCUT2D eigenvalue weighted by molar-refractivity contribution is 9.09. The maximum Gasteiger partial charge on any atom is 0.274 e. The molecule has 3 amide bonds. The van der Waals surface area contributed by atoms with E-state index in [2.05, 4.69) is 37.8 Å². The number of aliphatic hydroxyl groups is 1. The molecule has 0 radical (unpaired) electrons. The van der Waals surface area contributed by atoms with Crippen LogP contribution in [0.4, 0.5) is 0 Å². The number of carbonyl (C=O) groups excluding carboxylic acids is 3. The highest BCUT2D eigenvalue weighted by Gasteiger charge is 2.43. The zero-order valence-electron chi connectivity index (χ0n) is 26.0. The molecule has 0 bridgehead atoms. The van der Waals surface area contributed by atoms with E-state index in [0.717, 1.165) is 51.4 Å².